The first-order chi connectivity index (χ1) is 9.78. The summed E-state index contributed by atoms with van der Waals surface area (Å²) >= 11 is 0. The number of hydrogen-bond donors (Lipinski definition) is 2. The Bertz CT molecular complexity index is 326. The van der Waals surface area contributed by atoms with E-state index in [4.69, 9.17) is 14.2 Å². The molecule has 0 aliphatic carbocycles. The minimum atomic E-state index is -0.479. The van der Waals surface area contributed by atoms with E-state index in [1.165, 1.54) is 0 Å². The van der Waals surface area contributed by atoms with Crippen molar-refractivity contribution in [3.63, 3.8) is 0 Å². The fourth-order valence-electron chi connectivity index (χ4n) is 3.31. The smallest absolute Gasteiger partial charge is 0.0897 e. The molecular weight excluding hydrogens is 270 g/mol. The van der Waals surface area contributed by atoms with Crippen LogP contribution in [0.3, 0.4) is 0 Å². The lowest BCUT2D eigenvalue weighted by Crippen LogP contribution is -2.46. The van der Waals surface area contributed by atoms with Crippen LogP contribution in [0.15, 0.2) is 0 Å². The molecule has 5 heteroatoms. The van der Waals surface area contributed by atoms with Gasteiger partial charge in [0.05, 0.1) is 30.0 Å². The number of aliphatic hydroxyl groups excluding tert-OH is 1. The van der Waals surface area contributed by atoms with Crippen LogP contribution in [0.2, 0.25) is 0 Å². The van der Waals surface area contributed by atoms with E-state index in [0.717, 1.165) is 32.5 Å². The van der Waals surface area contributed by atoms with Crippen LogP contribution in [0.25, 0.3) is 0 Å². The molecule has 0 radical (unpaired) electrons. The molecule has 2 N–H and O–H groups in total. The first kappa shape index (κ1) is 17.2. The highest BCUT2D eigenvalue weighted by atomic mass is 16.5. The van der Waals surface area contributed by atoms with Gasteiger partial charge in [-0.25, -0.2) is 0 Å². The third-order valence-electron chi connectivity index (χ3n) is 4.37. The third-order valence-corrected chi connectivity index (χ3v) is 4.37. The van der Waals surface area contributed by atoms with Crippen LogP contribution in [-0.2, 0) is 14.2 Å². The lowest BCUT2D eigenvalue weighted by molar-refractivity contribution is -0.0728. The summed E-state index contributed by atoms with van der Waals surface area (Å²) in [5.41, 5.74) is -0.310. The van der Waals surface area contributed by atoms with E-state index in [-0.39, 0.29) is 23.3 Å². The van der Waals surface area contributed by atoms with Crippen molar-refractivity contribution >= 4 is 0 Å². The molecule has 2 fully saturated rings. The van der Waals surface area contributed by atoms with E-state index < -0.39 is 6.10 Å². The SMILES string of the molecule is CC1(C)C[C@@H](NC[C@@H](O)COC2CCOCC2)C(C)(C)O1. The molecule has 0 unspecified atom stereocenters. The Morgan fingerprint density at radius 1 is 1.24 bits per heavy atom. The molecule has 2 aliphatic rings. The summed E-state index contributed by atoms with van der Waals surface area (Å²) in [5.74, 6) is 0. The molecule has 0 bridgehead atoms. The molecule has 0 aromatic rings. The first-order valence-corrected chi connectivity index (χ1v) is 8.09. The number of aliphatic hydroxyl groups is 1. The average molecular weight is 301 g/mol. The molecule has 0 spiro atoms. The molecule has 124 valence electrons. The van der Waals surface area contributed by atoms with Crippen molar-refractivity contribution in [1.29, 1.82) is 0 Å². The Labute approximate surface area is 128 Å². The van der Waals surface area contributed by atoms with Crippen LogP contribution in [0.5, 0.6) is 0 Å². The van der Waals surface area contributed by atoms with Gasteiger partial charge in [-0.3, -0.25) is 0 Å². The Balaban J connectivity index is 1.67. The molecule has 21 heavy (non-hydrogen) atoms. The monoisotopic (exact) mass is 301 g/mol. The van der Waals surface area contributed by atoms with Gasteiger partial charge in [-0.2, -0.15) is 0 Å². The zero-order chi connectivity index (χ0) is 15.5. The van der Waals surface area contributed by atoms with Crippen molar-refractivity contribution in [2.75, 3.05) is 26.4 Å². The number of nitrogens with one attached hydrogen (secondary N) is 1. The number of ether oxygens (including phenoxy) is 3. The average Bonchev–Trinajstić information content (AvgIpc) is 2.62. The quantitative estimate of drug-likeness (QED) is 0.778. The summed E-state index contributed by atoms with van der Waals surface area (Å²) in [6, 6.07) is 0.255. The Hall–Kier alpha value is -0.200. The van der Waals surface area contributed by atoms with Gasteiger partial charge in [0.2, 0.25) is 0 Å². The van der Waals surface area contributed by atoms with Crippen LogP contribution in [-0.4, -0.2) is 60.9 Å². The largest absolute Gasteiger partial charge is 0.389 e. The summed E-state index contributed by atoms with van der Waals surface area (Å²) < 4.78 is 17.1. The lowest BCUT2D eigenvalue weighted by Gasteiger charge is -2.29. The van der Waals surface area contributed by atoms with Crippen LogP contribution in [0.1, 0.15) is 47.0 Å². The summed E-state index contributed by atoms with van der Waals surface area (Å²) in [4.78, 5) is 0. The van der Waals surface area contributed by atoms with Crippen LogP contribution < -0.4 is 5.32 Å². The van der Waals surface area contributed by atoms with Gasteiger partial charge in [-0.05, 0) is 47.0 Å². The summed E-state index contributed by atoms with van der Waals surface area (Å²) in [5, 5.41) is 13.5. The fourth-order valence-corrected chi connectivity index (χ4v) is 3.31. The Morgan fingerprint density at radius 2 is 1.90 bits per heavy atom. The summed E-state index contributed by atoms with van der Waals surface area (Å²) in [6.07, 6.45) is 2.56. The maximum absolute atomic E-state index is 10.1. The molecule has 0 aromatic heterocycles. The predicted molar refractivity (Wildman–Crippen MR) is 81.5 cm³/mol. The van der Waals surface area contributed by atoms with Gasteiger partial charge in [-0.15, -0.1) is 0 Å². The van der Waals surface area contributed by atoms with Crippen LogP contribution in [0.4, 0.5) is 0 Å². The minimum absolute atomic E-state index is 0.106. The van der Waals surface area contributed by atoms with Gasteiger partial charge in [0.25, 0.3) is 0 Å². The van der Waals surface area contributed by atoms with Gasteiger partial charge in [-0.1, -0.05) is 0 Å². The van der Waals surface area contributed by atoms with Crippen LogP contribution >= 0.6 is 0 Å². The van der Waals surface area contributed by atoms with Gasteiger partial charge in [0, 0.05) is 25.8 Å². The molecule has 2 atom stereocenters. The van der Waals surface area contributed by atoms with Gasteiger partial charge >= 0.3 is 0 Å². The van der Waals surface area contributed by atoms with Crippen molar-refractivity contribution in [1.82, 2.24) is 5.32 Å². The van der Waals surface area contributed by atoms with Gasteiger partial charge < -0.3 is 24.6 Å². The number of hydrogen-bond acceptors (Lipinski definition) is 5. The molecule has 5 nitrogen and oxygen atoms in total. The zero-order valence-corrected chi connectivity index (χ0v) is 13.9. The number of rotatable bonds is 6. The zero-order valence-electron chi connectivity index (χ0n) is 13.9. The molecule has 2 heterocycles. The van der Waals surface area contributed by atoms with Crippen molar-refractivity contribution in [2.24, 2.45) is 0 Å². The van der Waals surface area contributed by atoms with E-state index in [0.29, 0.717) is 13.2 Å². The van der Waals surface area contributed by atoms with E-state index in [9.17, 15) is 5.11 Å². The normalized spacial score (nSPS) is 30.4. The highest BCUT2D eigenvalue weighted by Crippen LogP contribution is 2.37. The van der Waals surface area contributed by atoms with Crippen molar-refractivity contribution in [3.8, 4) is 0 Å². The molecule has 0 aromatic carbocycles. The Kier molecular flexibility index (Phi) is 5.65. The van der Waals surface area contributed by atoms with E-state index >= 15 is 0 Å². The molecule has 0 saturated carbocycles. The second kappa shape index (κ2) is 6.92. The van der Waals surface area contributed by atoms with Crippen molar-refractivity contribution in [2.45, 2.75) is 76.4 Å². The first-order valence-electron chi connectivity index (χ1n) is 8.09. The third kappa shape index (κ3) is 5.18. The topological polar surface area (TPSA) is 60.0 Å². The second-order valence-corrected chi connectivity index (χ2v) is 7.43. The van der Waals surface area contributed by atoms with Gasteiger partial charge in [0.15, 0.2) is 0 Å². The van der Waals surface area contributed by atoms with Crippen LogP contribution in [0, 0.1) is 0 Å². The highest BCUT2D eigenvalue weighted by Gasteiger charge is 2.45. The summed E-state index contributed by atoms with van der Waals surface area (Å²) in [6.45, 7) is 10.9. The predicted octanol–water partition coefficient (Wildman–Crippen LogP) is 1.48. The maximum Gasteiger partial charge on any atom is 0.0897 e. The lowest BCUT2D eigenvalue weighted by atomic mass is 9.94. The molecule has 2 rings (SSSR count). The standard InChI is InChI=1S/C16H31NO4/c1-15(2)9-14(16(3,4)21-15)17-10-12(18)11-20-13-5-7-19-8-6-13/h12-14,17-18H,5-11H2,1-4H3/t12-,14-/m1/s1. The van der Waals surface area contributed by atoms with Crippen molar-refractivity contribution < 1.29 is 19.3 Å². The molecule has 2 aliphatic heterocycles. The summed E-state index contributed by atoms with van der Waals surface area (Å²) in [7, 11) is 0. The second-order valence-electron chi connectivity index (χ2n) is 7.43. The maximum atomic E-state index is 10.1. The van der Waals surface area contributed by atoms with E-state index in [1.807, 2.05) is 0 Å². The Morgan fingerprint density at radius 3 is 2.48 bits per heavy atom. The molecule has 0 amide bonds. The van der Waals surface area contributed by atoms with E-state index in [2.05, 4.69) is 33.0 Å². The molecular formula is C16H31NO4. The fraction of sp³-hybridized carbons (Fsp3) is 1.00. The van der Waals surface area contributed by atoms with Gasteiger partial charge in [0.1, 0.15) is 0 Å². The minimum Gasteiger partial charge on any atom is -0.389 e. The highest BCUT2D eigenvalue weighted by molar-refractivity contribution is 4.99. The molecule has 2 saturated heterocycles. The van der Waals surface area contributed by atoms with Crippen molar-refractivity contribution in [3.05, 3.63) is 0 Å². The van der Waals surface area contributed by atoms with E-state index in [1.54, 1.807) is 0 Å².